The predicted octanol–water partition coefficient (Wildman–Crippen LogP) is 1.77. The molecule has 3 heteroatoms. The van der Waals surface area contributed by atoms with Crippen molar-refractivity contribution < 1.29 is 0 Å². The first kappa shape index (κ1) is 14.7. The Morgan fingerprint density at radius 2 is 1.55 bits per heavy atom. The molecule has 0 heterocycles. The van der Waals surface area contributed by atoms with Crippen LogP contribution in [-0.2, 0) is 6.42 Å². The molecule has 0 saturated heterocycles. The third kappa shape index (κ3) is 4.46. The summed E-state index contributed by atoms with van der Waals surface area (Å²) in [5, 5.41) is 3.33. The minimum Gasteiger partial charge on any atom is -0.329 e. The number of rotatable bonds is 7. The molecule has 0 bridgehead atoms. The van der Waals surface area contributed by atoms with Crippen LogP contribution in [0.25, 0.3) is 11.1 Å². The van der Waals surface area contributed by atoms with E-state index < -0.39 is 0 Å². The molecule has 0 aliphatic carbocycles. The molecular weight excluding hydrogens is 246 g/mol. The largest absolute Gasteiger partial charge is 0.329 e. The molecule has 106 valence electrons. The normalized spacial score (nSPS) is 12.3. The fraction of sp³-hybridized carbons (Fsp3) is 0.294. The molecule has 0 aliphatic rings. The highest BCUT2D eigenvalue weighted by Gasteiger charge is 1.99. The van der Waals surface area contributed by atoms with E-state index in [0.29, 0.717) is 6.54 Å². The van der Waals surface area contributed by atoms with E-state index in [1.807, 2.05) is 6.07 Å². The molecule has 20 heavy (non-hydrogen) atoms. The Hall–Kier alpha value is -1.68. The van der Waals surface area contributed by atoms with Crippen molar-refractivity contribution in [3.8, 4) is 11.1 Å². The van der Waals surface area contributed by atoms with Crippen LogP contribution < -0.4 is 16.8 Å². The van der Waals surface area contributed by atoms with E-state index in [9.17, 15) is 0 Å². The number of hydrogen-bond donors (Lipinski definition) is 3. The lowest BCUT2D eigenvalue weighted by molar-refractivity contribution is 0.583. The standard InChI is InChI=1S/C17H23N3/c18-12-17(19)13-20-11-10-14-6-8-16(9-7-14)15-4-2-1-3-5-15/h1-9,17,20H,10-13,18-19H2. The molecule has 2 aromatic rings. The van der Waals surface area contributed by atoms with Gasteiger partial charge in [-0.25, -0.2) is 0 Å². The molecule has 0 saturated carbocycles. The van der Waals surface area contributed by atoms with E-state index in [1.165, 1.54) is 16.7 Å². The molecule has 0 fully saturated rings. The summed E-state index contributed by atoms with van der Waals surface area (Å²) < 4.78 is 0. The average Bonchev–Trinajstić information content (AvgIpc) is 2.52. The number of nitrogens with one attached hydrogen (secondary N) is 1. The lowest BCUT2D eigenvalue weighted by atomic mass is 10.0. The van der Waals surface area contributed by atoms with E-state index in [2.05, 4.69) is 53.8 Å². The van der Waals surface area contributed by atoms with Crippen molar-refractivity contribution >= 4 is 0 Å². The van der Waals surface area contributed by atoms with E-state index in [4.69, 9.17) is 11.5 Å². The molecule has 5 N–H and O–H groups in total. The Morgan fingerprint density at radius 1 is 0.900 bits per heavy atom. The molecule has 0 aromatic heterocycles. The summed E-state index contributed by atoms with van der Waals surface area (Å²) in [7, 11) is 0. The van der Waals surface area contributed by atoms with Gasteiger partial charge in [0.05, 0.1) is 0 Å². The van der Waals surface area contributed by atoms with E-state index in [-0.39, 0.29) is 6.04 Å². The first-order chi connectivity index (χ1) is 9.79. The maximum atomic E-state index is 5.75. The van der Waals surface area contributed by atoms with Crippen molar-refractivity contribution in [1.82, 2.24) is 5.32 Å². The number of benzene rings is 2. The fourth-order valence-electron chi connectivity index (χ4n) is 2.10. The van der Waals surface area contributed by atoms with Crippen molar-refractivity contribution in [2.24, 2.45) is 11.5 Å². The van der Waals surface area contributed by atoms with Crippen molar-refractivity contribution in [3.63, 3.8) is 0 Å². The molecule has 3 nitrogen and oxygen atoms in total. The van der Waals surface area contributed by atoms with Gasteiger partial charge in [0.25, 0.3) is 0 Å². The van der Waals surface area contributed by atoms with Crippen molar-refractivity contribution in [2.75, 3.05) is 19.6 Å². The Bertz CT molecular complexity index is 493. The Balaban J connectivity index is 1.83. The molecule has 0 aliphatic heterocycles. The third-order valence-electron chi connectivity index (χ3n) is 3.36. The van der Waals surface area contributed by atoms with Gasteiger partial charge in [-0.1, -0.05) is 54.6 Å². The first-order valence-electron chi connectivity index (χ1n) is 7.10. The lowest BCUT2D eigenvalue weighted by Crippen LogP contribution is -2.40. The Morgan fingerprint density at radius 3 is 2.20 bits per heavy atom. The highest BCUT2D eigenvalue weighted by molar-refractivity contribution is 5.63. The van der Waals surface area contributed by atoms with Gasteiger partial charge in [0.2, 0.25) is 0 Å². The number of nitrogens with two attached hydrogens (primary N) is 2. The predicted molar refractivity (Wildman–Crippen MR) is 85.5 cm³/mol. The van der Waals surface area contributed by atoms with Crippen LogP contribution in [0.2, 0.25) is 0 Å². The summed E-state index contributed by atoms with van der Waals surface area (Å²) in [5.41, 5.74) is 15.1. The van der Waals surface area contributed by atoms with Crippen LogP contribution in [0.4, 0.5) is 0 Å². The van der Waals surface area contributed by atoms with E-state index >= 15 is 0 Å². The number of hydrogen-bond acceptors (Lipinski definition) is 3. The van der Waals surface area contributed by atoms with Crippen LogP contribution in [0.1, 0.15) is 5.56 Å². The highest BCUT2D eigenvalue weighted by atomic mass is 14.9. The Labute approximate surface area is 121 Å². The van der Waals surface area contributed by atoms with Crippen LogP contribution in [0.15, 0.2) is 54.6 Å². The van der Waals surface area contributed by atoms with Crippen molar-refractivity contribution in [2.45, 2.75) is 12.5 Å². The second-order valence-corrected chi connectivity index (χ2v) is 5.01. The quantitative estimate of drug-likeness (QED) is 0.671. The van der Waals surface area contributed by atoms with Gasteiger partial charge in [0.1, 0.15) is 0 Å². The monoisotopic (exact) mass is 269 g/mol. The maximum absolute atomic E-state index is 5.75. The molecule has 2 rings (SSSR count). The molecule has 1 atom stereocenters. The van der Waals surface area contributed by atoms with Crippen LogP contribution >= 0.6 is 0 Å². The summed E-state index contributed by atoms with van der Waals surface area (Å²) in [6.07, 6.45) is 1.01. The third-order valence-corrected chi connectivity index (χ3v) is 3.36. The summed E-state index contributed by atoms with van der Waals surface area (Å²) in [6.45, 7) is 2.23. The van der Waals surface area contributed by atoms with Crippen LogP contribution in [0, 0.1) is 0 Å². The minimum atomic E-state index is 0.0513. The van der Waals surface area contributed by atoms with E-state index in [0.717, 1.165) is 19.5 Å². The van der Waals surface area contributed by atoms with Gasteiger partial charge in [-0.05, 0) is 29.7 Å². The van der Waals surface area contributed by atoms with Crippen molar-refractivity contribution in [1.29, 1.82) is 0 Å². The molecule has 0 amide bonds. The van der Waals surface area contributed by atoms with E-state index in [1.54, 1.807) is 0 Å². The summed E-state index contributed by atoms with van der Waals surface area (Å²) in [6, 6.07) is 19.2. The second kappa shape index (κ2) is 7.80. The SMILES string of the molecule is NCC(N)CNCCc1ccc(-c2ccccc2)cc1. The van der Waals surface area contributed by atoms with Crippen LogP contribution in [0.3, 0.4) is 0 Å². The fourth-order valence-corrected chi connectivity index (χ4v) is 2.10. The minimum absolute atomic E-state index is 0.0513. The lowest BCUT2D eigenvalue weighted by Gasteiger charge is -2.10. The highest BCUT2D eigenvalue weighted by Crippen LogP contribution is 2.19. The molecule has 0 spiro atoms. The van der Waals surface area contributed by atoms with Gasteiger partial charge in [-0.2, -0.15) is 0 Å². The topological polar surface area (TPSA) is 64.1 Å². The summed E-state index contributed by atoms with van der Waals surface area (Å²) in [5.74, 6) is 0. The maximum Gasteiger partial charge on any atom is 0.0290 e. The zero-order valence-electron chi connectivity index (χ0n) is 11.8. The first-order valence-corrected chi connectivity index (χ1v) is 7.10. The average molecular weight is 269 g/mol. The Kier molecular flexibility index (Phi) is 5.74. The van der Waals surface area contributed by atoms with Gasteiger partial charge in [-0.3, -0.25) is 0 Å². The second-order valence-electron chi connectivity index (χ2n) is 5.01. The van der Waals surface area contributed by atoms with Crippen molar-refractivity contribution in [3.05, 3.63) is 60.2 Å². The van der Waals surface area contributed by atoms with Gasteiger partial charge >= 0.3 is 0 Å². The smallest absolute Gasteiger partial charge is 0.0290 e. The van der Waals surface area contributed by atoms with Crippen LogP contribution in [0.5, 0.6) is 0 Å². The van der Waals surface area contributed by atoms with Gasteiger partial charge < -0.3 is 16.8 Å². The molecule has 0 radical (unpaired) electrons. The van der Waals surface area contributed by atoms with Gasteiger partial charge in [0.15, 0.2) is 0 Å². The summed E-state index contributed by atoms with van der Waals surface area (Å²) >= 11 is 0. The zero-order chi connectivity index (χ0) is 14.2. The molecular formula is C17H23N3. The molecule has 2 aromatic carbocycles. The summed E-state index contributed by atoms with van der Waals surface area (Å²) in [4.78, 5) is 0. The van der Waals surface area contributed by atoms with Gasteiger partial charge in [0, 0.05) is 19.1 Å². The van der Waals surface area contributed by atoms with Gasteiger partial charge in [-0.15, -0.1) is 0 Å². The molecule has 1 unspecified atom stereocenters. The zero-order valence-corrected chi connectivity index (χ0v) is 11.8. The van der Waals surface area contributed by atoms with Crippen LogP contribution in [-0.4, -0.2) is 25.7 Å².